The second-order valence-corrected chi connectivity index (χ2v) is 6.09. The molecule has 6 heteroatoms. The van der Waals surface area contributed by atoms with Gasteiger partial charge in [-0.15, -0.1) is 24.0 Å². The molecule has 1 aliphatic heterocycles. The molecule has 2 aromatic rings. The van der Waals surface area contributed by atoms with Crippen LogP contribution < -0.4 is 5.32 Å². The zero-order valence-electron chi connectivity index (χ0n) is 14.4. The predicted octanol–water partition coefficient (Wildman–Crippen LogP) is 2.65. The van der Waals surface area contributed by atoms with Crippen molar-refractivity contribution in [2.45, 2.75) is 18.8 Å². The number of rotatable bonds is 4. The SMILES string of the molecule is CN=C(NCCc1cnn(C)c1)N1CCC(c2ccccc2)C1.I. The maximum absolute atomic E-state index is 4.45. The monoisotopic (exact) mass is 439 g/mol. The number of aryl methyl sites for hydroxylation is 1. The van der Waals surface area contributed by atoms with Crippen molar-refractivity contribution in [2.24, 2.45) is 12.0 Å². The second kappa shape index (κ2) is 9.05. The van der Waals surface area contributed by atoms with Crippen molar-refractivity contribution >= 4 is 29.9 Å². The van der Waals surface area contributed by atoms with Crippen molar-refractivity contribution in [2.75, 3.05) is 26.7 Å². The molecule has 24 heavy (non-hydrogen) atoms. The molecule has 0 bridgehead atoms. The highest BCUT2D eigenvalue weighted by Crippen LogP contribution is 2.26. The number of nitrogens with zero attached hydrogens (tertiary/aromatic N) is 4. The van der Waals surface area contributed by atoms with E-state index in [9.17, 15) is 0 Å². The van der Waals surface area contributed by atoms with Crippen LogP contribution in [0.5, 0.6) is 0 Å². The molecule has 130 valence electrons. The molecule has 1 unspecified atom stereocenters. The molecule has 1 aromatic carbocycles. The van der Waals surface area contributed by atoms with Crippen LogP contribution in [0.25, 0.3) is 0 Å². The summed E-state index contributed by atoms with van der Waals surface area (Å²) in [6.45, 7) is 2.98. The highest BCUT2D eigenvalue weighted by atomic mass is 127. The van der Waals surface area contributed by atoms with Gasteiger partial charge >= 0.3 is 0 Å². The van der Waals surface area contributed by atoms with Gasteiger partial charge < -0.3 is 10.2 Å². The van der Waals surface area contributed by atoms with Crippen molar-refractivity contribution in [3.8, 4) is 0 Å². The van der Waals surface area contributed by atoms with E-state index in [0.29, 0.717) is 5.92 Å². The van der Waals surface area contributed by atoms with Gasteiger partial charge in [-0.2, -0.15) is 5.10 Å². The number of hydrogen-bond acceptors (Lipinski definition) is 2. The Labute approximate surface area is 161 Å². The summed E-state index contributed by atoms with van der Waals surface area (Å²) in [7, 11) is 3.81. The average Bonchev–Trinajstić information content (AvgIpc) is 3.22. The lowest BCUT2D eigenvalue weighted by Crippen LogP contribution is -2.40. The zero-order valence-corrected chi connectivity index (χ0v) is 16.7. The lowest BCUT2D eigenvalue weighted by atomic mass is 9.99. The fraction of sp³-hybridized carbons (Fsp3) is 0.444. The fourth-order valence-corrected chi connectivity index (χ4v) is 3.20. The van der Waals surface area contributed by atoms with E-state index in [4.69, 9.17) is 0 Å². The fourth-order valence-electron chi connectivity index (χ4n) is 3.20. The van der Waals surface area contributed by atoms with Gasteiger partial charge in [0.2, 0.25) is 0 Å². The van der Waals surface area contributed by atoms with Gasteiger partial charge in [-0.3, -0.25) is 9.67 Å². The van der Waals surface area contributed by atoms with Gasteiger partial charge in [0.05, 0.1) is 6.20 Å². The molecule has 1 fully saturated rings. The number of halogens is 1. The van der Waals surface area contributed by atoms with Crippen LogP contribution >= 0.6 is 24.0 Å². The number of benzene rings is 1. The van der Waals surface area contributed by atoms with Crippen LogP contribution in [-0.2, 0) is 13.5 Å². The first kappa shape index (κ1) is 18.8. The molecule has 0 radical (unpaired) electrons. The smallest absolute Gasteiger partial charge is 0.193 e. The third kappa shape index (κ3) is 4.72. The highest BCUT2D eigenvalue weighted by molar-refractivity contribution is 14.0. The van der Waals surface area contributed by atoms with Crippen LogP contribution in [0.2, 0.25) is 0 Å². The molecule has 5 nitrogen and oxygen atoms in total. The molecule has 1 atom stereocenters. The summed E-state index contributed by atoms with van der Waals surface area (Å²) in [4.78, 5) is 6.81. The Morgan fingerprint density at radius 1 is 1.33 bits per heavy atom. The number of guanidine groups is 1. The summed E-state index contributed by atoms with van der Waals surface area (Å²) in [5.41, 5.74) is 2.68. The van der Waals surface area contributed by atoms with Crippen LogP contribution in [0.15, 0.2) is 47.7 Å². The summed E-state index contributed by atoms with van der Waals surface area (Å²) in [6.07, 6.45) is 6.13. The Kier molecular flexibility index (Phi) is 7.08. The molecule has 0 amide bonds. The van der Waals surface area contributed by atoms with Crippen LogP contribution in [-0.4, -0.2) is 47.3 Å². The van der Waals surface area contributed by atoms with Gasteiger partial charge in [0, 0.05) is 45.8 Å². The number of aliphatic imine (C=N–C) groups is 1. The first-order chi connectivity index (χ1) is 11.3. The summed E-state index contributed by atoms with van der Waals surface area (Å²) in [6, 6.07) is 10.8. The normalized spacial score (nSPS) is 17.7. The first-order valence-corrected chi connectivity index (χ1v) is 8.24. The average molecular weight is 439 g/mol. The van der Waals surface area contributed by atoms with Gasteiger partial charge in [-0.25, -0.2) is 0 Å². The van der Waals surface area contributed by atoms with Crippen molar-refractivity contribution in [3.05, 3.63) is 53.9 Å². The molecular formula is C18H26IN5. The lowest BCUT2D eigenvalue weighted by Gasteiger charge is -2.21. The summed E-state index contributed by atoms with van der Waals surface area (Å²) in [5, 5.41) is 7.68. The van der Waals surface area contributed by atoms with E-state index in [1.54, 1.807) is 0 Å². The summed E-state index contributed by atoms with van der Waals surface area (Å²) in [5.74, 6) is 1.61. The quantitative estimate of drug-likeness (QED) is 0.453. The van der Waals surface area contributed by atoms with Crippen LogP contribution in [0, 0.1) is 0 Å². The van der Waals surface area contributed by atoms with Crippen LogP contribution in [0.4, 0.5) is 0 Å². The predicted molar refractivity (Wildman–Crippen MR) is 109 cm³/mol. The van der Waals surface area contributed by atoms with Crippen molar-refractivity contribution < 1.29 is 0 Å². The Bertz CT molecular complexity index is 652. The third-order valence-corrected chi connectivity index (χ3v) is 4.43. The van der Waals surface area contributed by atoms with Crippen molar-refractivity contribution in [3.63, 3.8) is 0 Å². The van der Waals surface area contributed by atoms with Gasteiger partial charge in [-0.05, 0) is 24.0 Å². The van der Waals surface area contributed by atoms with E-state index >= 15 is 0 Å². The molecule has 1 aliphatic rings. The topological polar surface area (TPSA) is 45.5 Å². The van der Waals surface area contributed by atoms with Crippen LogP contribution in [0.3, 0.4) is 0 Å². The van der Waals surface area contributed by atoms with Crippen molar-refractivity contribution in [1.82, 2.24) is 20.0 Å². The molecule has 2 heterocycles. The lowest BCUT2D eigenvalue weighted by molar-refractivity contribution is 0.486. The van der Waals surface area contributed by atoms with E-state index in [1.807, 2.05) is 25.0 Å². The molecule has 1 N–H and O–H groups in total. The standard InChI is InChI=1S/C18H25N5.HI/c1-19-18(20-10-8-15-12-21-22(2)13-15)23-11-9-17(14-23)16-6-4-3-5-7-16;/h3-7,12-13,17H,8-11,14H2,1-2H3,(H,19,20);1H. The Hall–Kier alpha value is -1.57. The molecule has 0 saturated carbocycles. The minimum Gasteiger partial charge on any atom is -0.356 e. The summed E-state index contributed by atoms with van der Waals surface area (Å²) < 4.78 is 1.84. The molecule has 0 spiro atoms. The highest BCUT2D eigenvalue weighted by Gasteiger charge is 2.25. The molecule has 3 rings (SSSR count). The number of aromatic nitrogens is 2. The zero-order chi connectivity index (χ0) is 16.1. The van der Waals surface area contributed by atoms with E-state index in [-0.39, 0.29) is 24.0 Å². The van der Waals surface area contributed by atoms with E-state index in [2.05, 4.69) is 56.8 Å². The molecule has 1 aromatic heterocycles. The largest absolute Gasteiger partial charge is 0.356 e. The van der Waals surface area contributed by atoms with Gasteiger partial charge in [-0.1, -0.05) is 30.3 Å². The minimum absolute atomic E-state index is 0. The Morgan fingerprint density at radius 2 is 2.12 bits per heavy atom. The third-order valence-electron chi connectivity index (χ3n) is 4.43. The molecule has 0 aliphatic carbocycles. The minimum atomic E-state index is 0. The summed E-state index contributed by atoms with van der Waals surface area (Å²) >= 11 is 0. The molecule has 1 saturated heterocycles. The van der Waals surface area contributed by atoms with Gasteiger partial charge in [0.1, 0.15) is 0 Å². The Balaban J connectivity index is 0.00000208. The maximum atomic E-state index is 4.45. The second-order valence-electron chi connectivity index (χ2n) is 6.09. The maximum Gasteiger partial charge on any atom is 0.193 e. The van der Waals surface area contributed by atoms with E-state index < -0.39 is 0 Å². The van der Waals surface area contributed by atoms with Crippen molar-refractivity contribution in [1.29, 1.82) is 0 Å². The van der Waals surface area contributed by atoms with E-state index in [1.165, 1.54) is 17.5 Å². The molecular weight excluding hydrogens is 413 g/mol. The van der Waals surface area contributed by atoms with Gasteiger partial charge in [0.25, 0.3) is 0 Å². The number of nitrogens with one attached hydrogen (secondary N) is 1. The number of hydrogen-bond donors (Lipinski definition) is 1. The van der Waals surface area contributed by atoms with E-state index in [0.717, 1.165) is 32.0 Å². The number of likely N-dealkylation sites (tertiary alicyclic amines) is 1. The first-order valence-electron chi connectivity index (χ1n) is 8.24. The van der Waals surface area contributed by atoms with Crippen LogP contribution in [0.1, 0.15) is 23.5 Å². The van der Waals surface area contributed by atoms with Gasteiger partial charge in [0.15, 0.2) is 5.96 Å². The Morgan fingerprint density at radius 3 is 2.79 bits per heavy atom.